The molecule has 0 spiro atoms. The average molecular weight is 442 g/mol. The predicted octanol–water partition coefficient (Wildman–Crippen LogP) is 3.31. The van der Waals surface area contributed by atoms with E-state index in [-0.39, 0.29) is 11.8 Å². The van der Waals surface area contributed by atoms with Gasteiger partial charge in [0.15, 0.2) is 0 Å². The molecule has 1 amide bonds. The van der Waals surface area contributed by atoms with Crippen molar-refractivity contribution in [2.75, 3.05) is 32.7 Å². The first-order valence-corrected chi connectivity index (χ1v) is 13.4. The number of piperidine rings is 2. The zero-order valence-electron chi connectivity index (χ0n) is 17.5. The summed E-state index contributed by atoms with van der Waals surface area (Å²) in [5.41, 5.74) is 0. The number of hydrogen-bond acceptors (Lipinski definition) is 5. The van der Waals surface area contributed by atoms with Crippen LogP contribution in [0.2, 0.25) is 0 Å². The molecule has 1 N–H and O–H groups in total. The fraction of sp³-hybridized carbons (Fsp3) is 0.762. The molecule has 2 aliphatic rings. The molecule has 6 nitrogen and oxygen atoms in total. The van der Waals surface area contributed by atoms with Crippen molar-refractivity contribution in [1.29, 1.82) is 0 Å². The van der Waals surface area contributed by atoms with Crippen LogP contribution in [-0.2, 0) is 14.8 Å². The van der Waals surface area contributed by atoms with Gasteiger partial charge < -0.3 is 10.2 Å². The highest BCUT2D eigenvalue weighted by molar-refractivity contribution is 7.91. The molecule has 0 aliphatic carbocycles. The first kappa shape index (κ1) is 22.7. The summed E-state index contributed by atoms with van der Waals surface area (Å²) in [5, 5.41) is 4.86. The van der Waals surface area contributed by atoms with Gasteiger partial charge in [-0.15, -0.1) is 11.3 Å². The van der Waals surface area contributed by atoms with Gasteiger partial charge >= 0.3 is 0 Å². The normalized spacial score (nSPS) is 22.6. The number of carbonyl (C=O) groups excluding carboxylic acids is 1. The second kappa shape index (κ2) is 10.9. The van der Waals surface area contributed by atoms with E-state index in [0.717, 1.165) is 38.4 Å². The Morgan fingerprint density at radius 1 is 1.21 bits per heavy atom. The van der Waals surface area contributed by atoms with Crippen LogP contribution >= 0.6 is 11.3 Å². The summed E-state index contributed by atoms with van der Waals surface area (Å²) in [6, 6.07) is 4.14. The summed E-state index contributed by atoms with van der Waals surface area (Å²) in [7, 11) is -3.36. The fourth-order valence-electron chi connectivity index (χ4n) is 4.55. The van der Waals surface area contributed by atoms with Crippen LogP contribution in [-0.4, -0.2) is 62.3 Å². The summed E-state index contributed by atoms with van der Waals surface area (Å²) in [6.45, 7) is 6.27. The lowest BCUT2D eigenvalue weighted by Crippen LogP contribution is -2.41. The van der Waals surface area contributed by atoms with Crippen molar-refractivity contribution in [2.24, 2.45) is 5.92 Å². The molecule has 0 radical (unpaired) electrons. The van der Waals surface area contributed by atoms with Gasteiger partial charge in [0.1, 0.15) is 4.21 Å². The number of thiophene rings is 1. The van der Waals surface area contributed by atoms with Crippen molar-refractivity contribution >= 4 is 27.3 Å². The molecule has 164 valence electrons. The number of carbonyl (C=O) groups is 1. The van der Waals surface area contributed by atoms with Crippen molar-refractivity contribution < 1.29 is 13.2 Å². The maximum absolute atomic E-state index is 12.6. The smallest absolute Gasteiger partial charge is 0.252 e. The van der Waals surface area contributed by atoms with Crippen LogP contribution in [0.3, 0.4) is 0 Å². The average Bonchev–Trinajstić information content (AvgIpc) is 3.28. The molecule has 0 saturated carbocycles. The highest BCUT2D eigenvalue weighted by atomic mass is 32.2. The van der Waals surface area contributed by atoms with Crippen LogP contribution in [0, 0.1) is 5.92 Å². The molecule has 2 fully saturated rings. The first-order valence-electron chi connectivity index (χ1n) is 11.0. The van der Waals surface area contributed by atoms with E-state index < -0.39 is 10.0 Å². The highest BCUT2D eigenvalue weighted by Gasteiger charge is 2.30. The van der Waals surface area contributed by atoms with Gasteiger partial charge in [-0.05, 0) is 62.4 Å². The minimum absolute atomic E-state index is 0.107. The summed E-state index contributed by atoms with van der Waals surface area (Å²) in [4.78, 5) is 14.9. The Kier molecular flexibility index (Phi) is 8.53. The Balaban J connectivity index is 1.33. The standard InChI is InChI=1S/C21H35N3O3S2/c1-2-19-7-3-4-12-23(19)13-6-11-22-20(25)17-18-9-14-24(15-10-18)29(26,27)21-8-5-16-28-21/h5,8,16,18-19H,2-4,6-7,9-15,17H2,1H3,(H,22,25). The number of rotatable bonds is 9. The molecule has 0 bridgehead atoms. The number of nitrogens with zero attached hydrogens (tertiary/aromatic N) is 2. The molecule has 0 aromatic carbocycles. The third kappa shape index (κ3) is 6.26. The molecule has 1 unspecified atom stereocenters. The lowest BCUT2D eigenvalue weighted by atomic mass is 9.94. The fourth-order valence-corrected chi connectivity index (χ4v) is 7.17. The first-order chi connectivity index (χ1) is 14.0. The van der Waals surface area contributed by atoms with E-state index in [9.17, 15) is 13.2 Å². The van der Waals surface area contributed by atoms with Crippen LogP contribution in [0.4, 0.5) is 0 Å². The number of hydrogen-bond donors (Lipinski definition) is 1. The molecule has 1 atom stereocenters. The molecular weight excluding hydrogens is 406 g/mol. The monoisotopic (exact) mass is 441 g/mol. The van der Waals surface area contributed by atoms with Crippen molar-refractivity contribution in [3.63, 3.8) is 0 Å². The highest BCUT2D eigenvalue weighted by Crippen LogP contribution is 2.27. The van der Waals surface area contributed by atoms with Crippen molar-refractivity contribution in [1.82, 2.24) is 14.5 Å². The molecule has 3 heterocycles. The van der Waals surface area contributed by atoms with Gasteiger partial charge in [0.25, 0.3) is 10.0 Å². The number of likely N-dealkylation sites (tertiary alicyclic amines) is 1. The van der Waals surface area contributed by atoms with E-state index in [4.69, 9.17) is 0 Å². The van der Waals surface area contributed by atoms with Crippen molar-refractivity contribution in [3.8, 4) is 0 Å². The molecule has 29 heavy (non-hydrogen) atoms. The maximum atomic E-state index is 12.6. The molecular formula is C21H35N3O3S2. The Morgan fingerprint density at radius 2 is 2.00 bits per heavy atom. The second-order valence-electron chi connectivity index (χ2n) is 8.28. The predicted molar refractivity (Wildman–Crippen MR) is 118 cm³/mol. The van der Waals surface area contributed by atoms with E-state index in [1.54, 1.807) is 21.8 Å². The lowest BCUT2D eigenvalue weighted by molar-refractivity contribution is -0.122. The maximum Gasteiger partial charge on any atom is 0.252 e. The minimum atomic E-state index is -3.36. The van der Waals surface area contributed by atoms with Crippen molar-refractivity contribution in [3.05, 3.63) is 17.5 Å². The number of amides is 1. The van der Waals surface area contributed by atoms with Gasteiger partial charge in [-0.1, -0.05) is 19.4 Å². The van der Waals surface area contributed by atoms with Crippen molar-refractivity contribution in [2.45, 2.75) is 68.5 Å². The van der Waals surface area contributed by atoms with Gasteiger partial charge in [-0.25, -0.2) is 8.42 Å². The van der Waals surface area contributed by atoms with Gasteiger partial charge in [0.2, 0.25) is 5.91 Å². The zero-order valence-corrected chi connectivity index (χ0v) is 19.1. The molecule has 2 saturated heterocycles. The zero-order chi connectivity index (χ0) is 20.7. The molecule has 1 aromatic rings. The molecule has 2 aliphatic heterocycles. The van der Waals surface area contributed by atoms with E-state index in [2.05, 4.69) is 17.1 Å². The topological polar surface area (TPSA) is 69.7 Å². The largest absolute Gasteiger partial charge is 0.356 e. The summed E-state index contributed by atoms with van der Waals surface area (Å²) >= 11 is 1.26. The van der Waals surface area contributed by atoms with Gasteiger partial charge in [0.05, 0.1) is 0 Å². The Morgan fingerprint density at radius 3 is 2.69 bits per heavy atom. The third-order valence-electron chi connectivity index (χ3n) is 6.30. The summed E-state index contributed by atoms with van der Waals surface area (Å²) in [5.74, 6) is 0.381. The van der Waals surface area contributed by atoms with Crippen LogP contribution < -0.4 is 5.32 Å². The molecule has 3 rings (SSSR count). The van der Waals surface area contributed by atoms with Crippen LogP contribution in [0.15, 0.2) is 21.7 Å². The van der Waals surface area contributed by atoms with Crippen LogP contribution in [0.1, 0.15) is 58.3 Å². The van der Waals surface area contributed by atoms with Gasteiger partial charge in [-0.2, -0.15) is 4.31 Å². The van der Waals surface area contributed by atoms with Crippen LogP contribution in [0.25, 0.3) is 0 Å². The van der Waals surface area contributed by atoms with Crippen LogP contribution in [0.5, 0.6) is 0 Å². The van der Waals surface area contributed by atoms with E-state index in [1.807, 2.05) is 0 Å². The van der Waals surface area contributed by atoms with Gasteiger partial charge in [-0.3, -0.25) is 4.79 Å². The summed E-state index contributed by atoms with van der Waals surface area (Å²) < 4.78 is 27.1. The SMILES string of the molecule is CCC1CCCCN1CCCNC(=O)CC1CCN(S(=O)(=O)c2cccs2)CC1. The molecule has 1 aromatic heterocycles. The van der Waals surface area contributed by atoms with Gasteiger partial charge in [0, 0.05) is 38.6 Å². The Labute approximate surface area is 179 Å². The Bertz CT molecular complexity index is 728. The minimum Gasteiger partial charge on any atom is -0.356 e. The number of sulfonamides is 1. The third-order valence-corrected chi connectivity index (χ3v) is 9.57. The molecule has 8 heteroatoms. The lowest BCUT2D eigenvalue weighted by Gasteiger charge is -2.35. The quantitative estimate of drug-likeness (QED) is 0.597. The van der Waals surface area contributed by atoms with E-state index in [1.165, 1.54) is 43.6 Å². The van der Waals surface area contributed by atoms with E-state index in [0.29, 0.717) is 23.7 Å². The Hall–Kier alpha value is -0.960. The summed E-state index contributed by atoms with van der Waals surface area (Å²) in [6.07, 6.45) is 8.18. The number of nitrogens with one attached hydrogen (secondary N) is 1. The van der Waals surface area contributed by atoms with E-state index >= 15 is 0 Å². The second-order valence-corrected chi connectivity index (χ2v) is 11.4.